The Morgan fingerprint density at radius 2 is 0.753 bits per heavy atom. The molecule has 0 aromatic carbocycles. The number of amides is 4. The number of nitrogens with zero attached hydrogens (tertiary/aromatic N) is 1. The maximum absolute atomic E-state index is 12.5. The van der Waals surface area contributed by atoms with Crippen molar-refractivity contribution in [2.75, 3.05) is 0 Å². The van der Waals surface area contributed by atoms with E-state index in [9.17, 15) is 28.8 Å². The highest BCUT2D eigenvalue weighted by Crippen LogP contribution is 2.32. The molecule has 4 amide bonds. The average Bonchev–Trinajstić information content (AvgIpc) is 3.42. The normalized spacial score (nSPS) is 16.2. The van der Waals surface area contributed by atoms with Crippen LogP contribution in [0.4, 0.5) is 0 Å². The van der Waals surface area contributed by atoms with Crippen LogP contribution in [0.25, 0.3) is 0 Å². The lowest BCUT2D eigenvalue weighted by Gasteiger charge is -2.36. The third-order valence-electron chi connectivity index (χ3n) is 11.4. The summed E-state index contributed by atoms with van der Waals surface area (Å²) in [4.78, 5) is 69.6. The van der Waals surface area contributed by atoms with E-state index in [1.54, 1.807) is 6.92 Å². The van der Waals surface area contributed by atoms with E-state index in [0.717, 1.165) is 56.3 Å². The standard InChI is InChI=1S/C24H46N2O3.2C13H30N2.C6H7NO2.C4H8O/c1-21(2,3)14-17(23(7,8)9)25-19(28)13-16(27)20(29)26-18(24(10,11)12)15-22(4,5)6;2*1-12(2,3)8-10(14)7-11(15)9-13(4,5)6;1-2-7-5(8)3-4-6(7)9;1-3-4(2)5/h17-18H,13-15H2,1-12H3,(H,25,28)(H,26,29);2*10-11H,7-9,14-15H2,1-6H3;2H,1,3-4H2;3H2,1-2H3. The van der Waals surface area contributed by atoms with Gasteiger partial charge in [-0.2, -0.15) is 0 Å². The smallest absolute Gasteiger partial charge is 0.288 e. The molecule has 1 aliphatic rings. The van der Waals surface area contributed by atoms with Gasteiger partial charge >= 0.3 is 0 Å². The van der Waals surface area contributed by atoms with Crippen molar-refractivity contribution in [1.29, 1.82) is 0 Å². The molecule has 0 aliphatic carbocycles. The molecule has 1 saturated heterocycles. The summed E-state index contributed by atoms with van der Waals surface area (Å²) < 4.78 is 0. The molecule has 0 spiro atoms. The molecule has 1 heterocycles. The molecule has 6 unspecified atom stereocenters. The number of imide groups is 1. The van der Waals surface area contributed by atoms with Gasteiger partial charge in [-0.3, -0.25) is 28.9 Å². The van der Waals surface area contributed by atoms with E-state index in [1.807, 2.05) is 27.7 Å². The number of nitrogens with two attached hydrogens (primary N) is 4. The quantitative estimate of drug-likeness (QED) is 0.0458. The SMILES string of the molecule is C=CN1C(=O)CCC1=O.CC(C)(C)CC(N)CC(N)CC(C)(C)C.CC(C)(C)CC(N)CC(N)CC(C)(C)C.CC(C)(C)CC(NC(=O)CC(=O)C(=O)NC(CC(C)(C)C)C(C)(C)C)C(C)(C)C.CCC(C)=O. The van der Waals surface area contributed by atoms with Crippen molar-refractivity contribution in [3.05, 3.63) is 12.8 Å². The van der Waals surface area contributed by atoms with Crippen molar-refractivity contribution < 1.29 is 28.8 Å². The zero-order chi connectivity index (χ0) is 59.1. The van der Waals surface area contributed by atoms with Gasteiger partial charge in [0.05, 0.1) is 6.42 Å². The summed E-state index contributed by atoms with van der Waals surface area (Å²) in [5.74, 6) is -1.78. The summed E-state index contributed by atoms with van der Waals surface area (Å²) in [5.41, 5.74) is 25.4. The first-order valence-corrected chi connectivity index (χ1v) is 27.3. The van der Waals surface area contributed by atoms with Crippen LogP contribution in [0.3, 0.4) is 0 Å². The first-order chi connectivity index (χ1) is 32.1. The summed E-state index contributed by atoms with van der Waals surface area (Å²) in [6, 6.07) is 0.730. The summed E-state index contributed by atoms with van der Waals surface area (Å²) in [6.07, 6.45) is 9.79. The number of nitrogens with one attached hydrogen (secondary N) is 2. The fraction of sp³-hybridized carbons (Fsp3) is 0.867. The maximum atomic E-state index is 12.5. The molecule has 13 nitrogen and oxygen atoms in total. The Morgan fingerprint density at radius 3 is 0.945 bits per heavy atom. The van der Waals surface area contributed by atoms with Gasteiger partial charge in [0.2, 0.25) is 23.5 Å². The molecule has 0 aromatic rings. The summed E-state index contributed by atoms with van der Waals surface area (Å²) in [7, 11) is 0. The zero-order valence-electron chi connectivity index (χ0n) is 52.4. The van der Waals surface area contributed by atoms with E-state index in [0.29, 0.717) is 40.9 Å². The number of Topliss-reactive ketones (excluding diaryl/α,β-unsaturated/α-hetero) is 2. The minimum absolute atomic E-state index is 0.0124. The van der Waals surface area contributed by atoms with Crippen LogP contribution in [0.5, 0.6) is 0 Å². The molecule has 0 radical (unpaired) electrons. The second kappa shape index (κ2) is 32.6. The van der Waals surface area contributed by atoms with Crippen molar-refractivity contribution in [3.8, 4) is 0 Å². The van der Waals surface area contributed by atoms with E-state index in [-0.39, 0.29) is 75.5 Å². The monoisotopic (exact) mass is 1040 g/mol. The second-order valence-corrected chi connectivity index (χ2v) is 30.5. The van der Waals surface area contributed by atoms with Gasteiger partial charge in [-0.25, -0.2) is 0 Å². The minimum Gasteiger partial charge on any atom is -0.352 e. The molecule has 1 rings (SSSR count). The highest BCUT2D eigenvalue weighted by Gasteiger charge is 2.34. The minimum atomic E-state index is -0.686. The van der Waals surface area contributed by atoms with Gasteiger partial charge in [0.25, 0.3) is 5.91 Å². The Kier molecular flexibility index (Phi) is 34.1. The lowest BCUT2D eigenvalue weighted by atomic mass is 9.76. The number of hydrogen-bond donors (Lipinski definition) is 6. The molecule has 73 heavy (non-hydrogen) atoms. The Morgan fingerprint density at radius 1 is 0.507 bits per heavy atom. The van der Waals surface area contributed by atoms with Crippen LogP contribution in [-0.2, 0) is 28.8 Å². The van der Waals surface area contributed by atoms with Gasteiger partial charge in [-0.15, -0.1) is 0 Å². The Labute approximate surface area is 450 Å². The number of ketones is 2. The second-order valence-electron chi connectivity index (χ2n) is 30.5. The maximum Gasteiger partial charge on any atom is 0.288 e. The van der Waals surface area contributed by atoms with E-state index >= 15 is 0 Å². The van der Waals surface area contributed by atoms with Crippen LogP contribution in [0.2, 0.25) is 0 Å². The summed E-state index contributed by atoms with van der Waals surface area (Å²) >= 11 is 0. The number of likely N-dealkylation sites (tertiary alicyclic amines) is 1. The van der Waals surface area contributed by atoms with E-state index in [4.69, 9.17) is 22.9 Å². The lowest BCUT2D eigenvalue weighted by molar-refractivity contribution is -0.141. The van der Waals surface area contributed by atoms with Gasteiger partial charge in [0.15, 0.2) is 0 Å². The van der Waals surface area contributed by atoms with Crippen LogP contribution in [0.15, 0.2) is 12.8 Å². The van der Waals surface area contributed by atoms with Crippen LogP contribution < -0.4 is 33.6 Å². The predicted molar refractivity (Wildman–Crippen MR) is 310 cm³/mol. The Bertz CT molecular complexity index is 1550. The molecule has 6 atom stereocenters. The van der Waals surface area contributed by atoms with E-state index in [1.165, 1.54) is 6.20 Å². The third-order valence-corrected chi connectivity index (χ3v) is 11.4. The number of carbonyl (C=O) groups excluding carboxylic acids is 6. The van der Waals surface area contributed by atoms with Crippen LogP contribution >= 0.6 is 0 Å². The van der Waals surface area contributed by atoms with Crippen molar-refractivity contribution >= 4 is 35.2 Å². The van der Waals surface area contributed by atoms with E-state index in [2.05, 4.69) is 163 Å². The number of rotatable bonds is 17. The van der Waals surface area contributed by atoms with Crippen molar-refractivity contribution in [2.45, 2.75) is 293 Å². The lowest BCUT2D eigenvalue weighted by Crippen LogP contribution is -2.50. The largest absolute Gasteiger partial charge is 0.352 e. The van der Waals surface area contributed by atoms with Gasteiger partial charge in [-0.05, 0) is 102 Å². The number of carbonyl (C=O) groups is 6. The fourth-order valence-corrected chi connectivity index (χ4v) is 8.14. The molecule has 0 bridgehead atoms. The van der Waals surface area contributed by atoms with E-state index < -0.39 is 24.0 Å². The molecule has 0 aromatic heterocycles. The zero-order valence-corrected chi connectivity index (χ0v) is 52.4. The van der Waals surface area contributed by atoms with Gasteiger partial charge in [0.1, 0.15) is 5.78 Å². The van der Waals surface area contributed by atoms with Gasteiger partial charge in [-0.1, -0.05) is 180 Å². The van der Waals surface area contributed by atoms with Crippen molar-refractivity contribution in [2.24, 2.45) is 66.3 Å². The molecular weight excluding hydrogens is 915 g/mol. The topological polar surface area (TPSA) is 234 Å². The van der Waals surface area contributed by atoms with Crippen LogP contribution in [0, 0.1) is 43.3 Å². The summed E-state index contributed by atoms with van der Waals surface area (Å²) in [6.45, 7) is 58.5. The molecule has 1 fully saturated rings. The predicted octanol–water partition coefficient (Wildman–Crippen LogP) is 12.0. The molecule has 0 saturated carbocycles. The van der Waals surface area contributed by atoms with Crippen molar-refractivity contribution in [1.82, 2.24) is 15.5 Å². The Balaban J connectivity index is -0.000000455. The molecule has 10 N–H and O–H groups in total. The van der Waals surface area contributed by atoms with Crippen LogP contribution in [0.1, 0.15) is 257 Å². The van der Waals surface area contributed by atoms with Crippen molar-refractivity contribution in [3.63, 3.8) is 0 Å². The molecule has 1 aliphatic heterocycles. The first kappa shape index (κ1) is 76.5. The highest BCUT2D eigenvalue weighted by atomic mass is 16.2. The van der Waals surface area contributed by atoms with Crippen LogP contribution in [-0.4, -0.2) is 76.3 Å². The molecule has 13 heteroatoms. The summed E-state index contributed by atoms with van der Waals surface area (Å²) in [5, 5.41) is 5.85. The Hall–Kier alpha value is -3.00. The highest BCUT2D eigenvalue weighted by molar-refractivity contribution is 6.39. The molecule has 432 valence electrons. The number of hydrogen-bond acceptors (Lipinski definition) is 10. The van der Waals surface area contributed by atoms with Gasteiger partial charge in [0, 0.05) is 61.7 Å². The first-order valence-electron chi connectivity index (χ1n) is 27.3. The average molecular weight is 1040 g/mol. The fourth-order valence-electron chi connectivity index (χ4n) is 8.14. The third kappa shape index (κ3) is 48.4. The van der Waals surface area contributed by atoms with Gasteiger partial charge < -0.3 is 38.4 Å². The molecular formula is C60H121N7O6.